The van der Waals surface area contributed by atoms with Gasteiger partial charge in [-0.2, -0.15) is 14.0 Å². The second-order valence-corrected chi connectivity index (χ2v) is 5.17. The molecule has 106 valence electrons. The second kappa shape index (κ2) is 8.50. The van der Waals surface area contributed by atoms with Crippen molar-refractivity contribution in [3.8, 4) is 0 Å². The molecular weight excluding hydrogens is 316 g/mol. The highest BCUT2D eigenvalue weighted by Gasteiger charge is 1.99. The largest absolute Gasteiger partial charge is 0.241 e. The van der Waals surface area contributed by atoms with Crippen molar-refractivity contribution in [2.45, 2.75) is 0 Å². The summed E-state index contributed by atoms with van der Waals surface area (Å²) < 4.78 is 34.7. The third-order valence-corrected chi connectivity index (χ3v) is 2.24. The summed E-state index contributed by atoms with van der Waals surface area (Å²) in [5, 5.41) is 1.42. The van der Waals surface area contributed by atoms with Crippen molar-refractivity contribution in [1.29, 1.82) is 0 Å². The molecule has 0 aromatic heterocycles. The van der Waals surface area contributed by atoms with Crippen LogP contribution in [0.5, 0.6) is 0 Å². The van der Waals surface area contributed by atoms with Crippen LogP contribution in [0.15, 0.2) is 30.3 Å². The lowest BCUT2D eigenvalue weighted by molar-refractivity contribution is -1.92. The molecule has 0 radical (unpaired) electrons. The zero-order valence-electron chi connectivity index (χ0n) is 10.2. The van der Waals surface area contributed by atoms with E-state index in [1.165, 1.54) is 0 Å². The summed E-state index contributed by atoms with van der Waals surface area (Å²) in [6, 6.07) is 7.43. The van der Waals surface area contributed by atoms with Crippen LogP contribution < -0.4 is 14.0 Å². The highest BCUT2D eigenvalue weighted by Crippen LogP contribution is 2.19. The van der Waals surface area contributed by atoms with Crippen LogP contribution in [0.2, 0.25) is 5.02 Å². The molecule has 0 unspecified atom stereocenters. The van der Waals surface area contributed by atoms with E-state index in [0.29, 0.717) is 5.03 Å². The molecule has 0 saturated heterocycles. The summed E-state index contributed by atoms with van der Waals surface area (Å²) in [5.41, 5.74) is 0.967. The van der Waals surface area contributed by atoms with E-state index in [4.69, 9.17) is 41.8 Å². The SMILES string of the molecule is C[N+](C)=CC=C(Cl)c1ccc(Cl)cc1.[O-][Cl+3]([O-])([O-])O. The van der Waals surface area contributed by atoms with Crippen molar-refractivity contribution in [3.63, 3.8) is 0 Å². The average Bonchev–Trinajstić information content (AvgIpc) is 2.24. The van der Waals surface area contributed by atoms with Crippen molar-refractivity contribution >= 4 is 34.4 Å². The fraction of sp³-hybridized carbons (Fsp3) is 0.182. The molecule has 0 aliphatic rings. The minimum Gasteiger partial charge on any atom is -0.241 e. The van der Waals surface area contributed by atoms with Crippen LogP contribution in [0.25, 0.3) is 5.03 Å². The maximum Gasteiger partial charge on any atom is 0.164 e. The van der Waals surface area contributed by atoms with Crippen molar-refractivity contribution < 1.29 is 33.5 Å². The standard InChI is InChI=1S/C11H12Cl2N.ClHO4/c1-14(2)8-7-11(13)9-3-5-10(12)6-4-9;2-1(3,4)5/h3-8H,1-2H3;(H,2,3,4,5)/q+1;. The molecule has 0 fully saturated rings. The number of halogens is 3. The molecule has 0 amide bonds. The fourth-order valence-electron chi connectivity index (χ4n) is 0.920. The van der Waals surface area contributed by atoms with E-state index >= 15 is 0 Å². The van der Waals surface area contributed by atoms with Gasteiger partial charge in [-0.15, -0.1) is 0 Å². The van der Waals surface area contributed by atoms with Gasteiger partial charge in [0.05, 0.1) is 19.9 Å². The zero-order chi connectivity index (χ0) is 15.1. The van der Waals surface area contributed by atoms with E-state index in [0.717, 1.165) is 10.6 Å². The lowest BCUT2D eigenvalue weighted by Crippen LogP contribution is -2.58. The monoisotopic (exact) mass is 328 g/mol. The predicted octanol–water partition coefficient (Wildman–Crippen LogP) is -0.861. The van der Waals surface area contributed by atoms with Crippen molar-refractivity contribution in [1.82, 2.24) is 0 Å². The highest BCUT2D eigenvalue weighted by atomic mass is 35.7. The van der Waals surface area contributed by atoms with E-state index in [2.05, 4.69) is 0 Å². The summed E-state index contributed by atoms with van der Waals surface area (Å²) in [6.07, 6.45) is 3.75. The first-order valence-electron chi connectivity index (χ1n) is 4.86. The molecule has 0 saturated carbocycles. The van der Waals surface area contributed by atoms with Crippen LogP contribution in [0.1, 0.15) is 5.56 Å². The number of hydrogen-bond acceptors (Lipinski definition) is 4. The molecule has 0 bridgehead atoms. The summed E-state index contributed by atoms with van der Waals surface area (Å²) in [6.45, 7) is 0. The van der Waals surface area contributed by atoms with Gasteiger partial charge in [0.25, 0.3) is 0 Å². The summed E-state index contributed by atoms with van der Waals surface area (Å²) in [7, 11) is -0.801. The van der Waals surface area contributed by atoms with Gasteiger partial charge in [-0.05, 0) is 17.7 Å². The second-order valence-electron chi connectivity index (χ2n) is 3.53. The molecule has 1 aromatic rings. The molecule has 1 rings (SSSR count). The van der Waals surface area contributed by atoms with Crippen LogP contribution in [-0.4, -0.2) is 29.5 Å². The third-order valence-electron chi connectivity index (χ3n) is 1.64. The Morgan fingerprint density at radius 1 is 1.21 bits per heavy atom. The molecule has 8 heteroatoms. The first-order valence-corrected chi connectivity index (χ1v) is 6.88. The molecule has 0 aliphatic carbocycles. The Morgan fingerprint density at radius 3 is 2.00 bits per heavy atom. The van der Waals surface area contributed by atoms with Crippen LogP contribution in [0.3, 0.4) is 0 Å². The molecule has 0 spiro atoms. The number of benzene rings is 1. The minimum absolute atomic E-state index is 0.704. The topological polar surface area (TPSA) is 92.4 Å². The van der Waals surface area contributed by atoms with Crippen LogP contribution in [0.4, 0.5) is 0 Å². The molecule has 5 nitrogen and oxygen atoms in total. The average molecular weight is 330 g/mol. The lowest BCUT2D eigenvalue weighted by atomic mass is 10.2. The van der Waals surface area contributed by atoms with Gasteiger partial charge in [-0.1, -0.05) is 35.3 Å². The Morgan fingerprint density at radius 2 is 1.63 bits per heavy atom. The molecule has 1 aromatic carbocycles. The van der Waals surface area contributed by atoms with Crippen molar-refractivity contribution in [3.05, 3.63) is 40.9 Å². The summed E-state index contributed by atoms with van der Waals surface area (Å²) >= 11 is 11.8. The number of allylic oxidation sites excluding steroid dienone is 1. The highest BCUT2D eigenvalue weighted by molar-refractivity contribution is 6.49. The van der Waals surface area contributed by atoms with Gasteiger partial charge in [-0.3, -0.25) is 0 Å². The van der Waals surface area contributed by atoms with Crippen molar-refractivity contribution in [2.24, 2.45) is 0 Å². The Hall–Kier alpha value is -0.660. The minimum atomic E-state index is -4.69. The van der Waals surface area contributed by atoms with E-state index in [-0.39, 0.29) is 0 Å². The third kappa shape index (κ3) is 12.1. The van der Waals surface area contributed by atoms with E-state index in [1.807, 2.05) is 55.2 Å². The number of nitrogens with zero attached hydrogens (tertiary/aromatic N) is 1. The van der Waals surface area contributed by atoms with E-state index < -0.39 is 10.2 Å². The quantitative estimate of drug-likeness (QED) is 0.564. The fourth-order valence-corrected chi connectivity index (χ4v) is 1.23. The molecule has 19 heavy (non-hydrogen) atoms. The maximum absolute atomic E-state index is 8.60. The normalized spacial score (nSPS) is 11.5. The van der Waals surface area contributed by atoms with Gasteiger partial charge in [0.1, 0.15) is 14.1 Å². The Balaban J connectivity index is 0.000000555. The first kappa shape index (κ1) is 18.3. The Bertz CT molecular complexity index is 442. The van der Waals surface area contributed by atoms with Gasteiger partial charge in [0.2, 0.25) is 0 Å². The summed E-state index contributed by atoms with van der Waals surface area (Å²) in [4.78, 5) is 0. The zero-order valence-corrected chi connectivity index (χ0v) is 12.5. The lowest BCUT2D eigenvalue weighted by Gasteiger charge is -2.03. The first-order chi connectivity index (χ1) is 8.59. The number of hydrogen-bond donors (Lipinski definition) is 1. The van der Waals surface area contributed by atoms with E-state index in [9.17, 15) is 0 Å². The van der Waals surface area contributed by atoms with Crippen molar-refractivity contribution in [2.75, 3.05) is 14.1 Å². The molecule has 0 heterocycles. The van der Waals surface area contributed by atoms with Gasteiger partial charge in [-0.25, -0.2) is 4.58 Å². The smallest absolute Gasteiger partial charge is 0.164 e. The van der Waals surface area contributed by atoms with Gasteiger partial charge in [0, 0.05) is 11.1 Å². The van der Waals surface area contributed by atoms with Crippen LogP contribution in [-0.2, 0) is 0 Å². The predicted molar refractivity (Wildman–Crippen MR) is 65.7 cm³/mol. The van der Waals surface area contributed by atoms with Crippen LogP contribution in [0, 0.1) is 10.2 Å². The van der Waals surface area contributed by atoms with Gasteiger partial charge < -0.3 is 0 Å². The van der Waals surface area contributed by atoms with E-state index in [1.54, 1.807) is 0 Å². The molecule has 1 N–H and O–H groups in total. The summed E-state index contributed by atoms with van der Waals surface area (Å²) in [5.74, 6) is 0. The maximum atomic E-state index is 8.60. The number of rotatable bonds is 2. The Kier molecular flexibility index (Phi) is 8.20. The van der Waals surface area contributed by atoms with Gasteiger partial charge in [0.15, 0.2) is 6.21 Å². The Labute approximate surface area is 123 Å². The van der Waals surface area contributed by atoms with Crippen LogP contribution >= 0.6 is 23.2 Å². The molecule has 0 atom stereocenters. The van der Waals surface area contributed by atoms with Gasteiger partial charge >= 0.3 is 0 Å². The molecule has 0 aliphatic heterocycles. The molecular formula is C11H13Cl3NO4+.